The van der Waals surface area contributed by atoms with Gasteiger partial charge in [0.1, 0.15) is 17.8 Å². The molecule has 0 amide bonds. The van der Waals surface area contributed by atoms with Crippen molar-refractivity contribution in [2.24, 2.45) is 0 Å². The molecule has 88 valence electrons. The Morgan fingerprint density at radius 3 is 2.88 bits per heavy atom. The highest BCUT2D eigenvalue weighted by atomic mass is 33.1. The highest BCUT2D eigenvalue weighted by Gasteiger charge is 2.05. The molecular weight excluding hydrogens is 263 g/mol. The van der Waals surface area contributed by atoms with E-state index in [4.69, 9.17) is 7.85 Å². The molecule has 1 heterocycles. The van der Waals surface area contributed by atoms with Crippen molar-refractivity contribution in [3.63, 3.8) is 0 Å². The van der Waals surface area contributed by atoms with Gasteiger partial charge in [-0.05, 0) is 16.9 Å². The lowest BCUT2D eigenvalue weighted by molar-refractivity contribution is -0.385. The van der Waals surface area contributed by atoms with E-state index in [-0.39, 0.29) is 12.3 Å². The first-order valence-electron chi connectivity index (χ1n) is 4.41. The predicted molar refractivity (Wildman–Crippen MR) is 66.3 cm³/mol. The molecule has 0 saturated heterocycles. The maximum absolute atomic E-state index is 10.4. The lowest BCUT2D eigenvalue weighted by atomic mass is 10.2. The number of ether oxygens (including phenoxy) is 1. The minimum atomic E-state index is -0.802. The van der Waals surface area contributed by atoms with Crippen LogP contribution in [0.1, 0.15) is 0 Å². The second-order valence-corrected chi connectivity index (χ2v) is 5.12. The molecule has 0 aliphatic heterocycles. The second kappa shape index (κ2) is 7.18. The minimum Gasteiger partial charge on any atom is -0.474 e. The van der Waals surface area contributed by atoms with E-state index in [1.54, 1.807) is 6.07 Å². The molecule has 9 heteroatoms. The van der Waals surface area contributed by atoms with E-state index >= 15 is 0 Å². The van der Waals surface area contributed by atoms with Crippen LogP contribution in [-0.4, -0.2) is 36.0 Å². The number of aromatic nitrogens is 1. The van der Waals surface area contributed by atoms with Crippen LogP contribution in [0.3, 0.4) is 0 Å². The van der Waals surface area contributed by atoms with Gasteiger partial charge in [0.05, 0.1) is 4.92 Å². The molecule has 0 spiro atoms. The summed E-state index contributed by atoms with van der Waals surface area (Å²) in [6, 6.07) is 2.94. The van der Waals surface area contributed by atoms with Crippen molar-refractivity contribution in [1.29, 1.82) is 0 Å². The van der Waals surface area contributed by atoms with E-state index in [0.717, 1.165) is 0 Å². The summed E-state index contributed by atoms with van der Waals surface area (Å²) in [6.07, 6.45) is 1.20. The number of pyridine rings is 1. The van der Waals surface area contributed by atoms with Crippen molar-refractivity contribution in [3.05, 3.63) is 28.4 Å². The van der Waals surface area contributed by atoms with E-state index in [2.05, 4.69) is 9.72 Å². The van der Waals surface area contributed by atoms with E-state index in [1.165, 1.54) is 33.9 Å². The van der Waals surface area contributed by atoms with Crippen LogP contribution in [0.2, 0.25) is 0 Å². The van der Waals surface area contributed by atoms with Crippen LogP contribution in [0.5, 0.6) is 0 Å². The molecule has 2 radical (unpaired) electrons. The first-order chi connectivity index (χ1) is 8.09. The van der Waals surface area contributed by atoms with Crippen molar-refractivity contribution in [3.8, 4) is 0 Å². The first kappa shape index (κ1) is 13.8. The Morgan fingerprint density at radius 1 is 1.59 bits per heavy atom. The maximum atomic E-state index is 10.4. The van der Waals surface area contributed by atoms with Gasteiger partial charge in [-0.1, -0.05) is 10.8 Å². The molecule has 0 aliphatic carbocycles. The van der Waals surface area contributed by atoms with Crippen molar-refractivity contribution >= 4 is 41.0 Å². The van der Waals surface area contributed by atoms with E-state index < -0.39 is 10.8 Å². The van der Waals surface area contributed by atoms with Crippen LogP contribution >= 0.6 is 21.6 Å². The Bertz CT molecular complexity index is 401. The smallest absolute Gasteiger partial charge is 0.287 e. The molecule has 0 aromatic carbocycles. The normalized spacial score (nSPS) is 9.88. The highest BCUT2D eigenvalue weighted by molar-refractivity contribution is 8.76. The van der Waals surface area contributed by atoms with Gasteiger partial charge >= 0.3 is 0 Å². The van der Waals surface area contributed by atoms with Gasteiger partial charge in [0.15, 0.2) is 0 Å². The van der Waals surface area contributed by atoms with Crippen LogP contribution in [0.25, 0.3) is 0 Å². The number of rotatable bonds is 6. The molecule has 0 aliphatic rings. The summed E-state index contributed by atoms with van der Waals surface area (Å²) in [7, 11) is 7.53. The number of carbonyl (C=O) groups excluding carboxylic acids is 1. The quantitative estimate of drug-likeness (QED) is 0.257. The zero-order chi connectivity index (χ0) is 12.7. The SMILES string of the molecule is [B]C(=O)OCCSSc1ccc([N+](=O)[O-])cn1. The highest BCUT2D eigenvalue weighted by Crippen LogP contribution is 2.29. The number of nitro groups is 1. The predicted octanol–water partition coefficient (Wildman–Crippen LogP) is 2.04. The molecular formula is C8H7BN2O4S2. The third kappa shape index (κ3) is 5.59. The molecule has 1 aromatic rings. The molecule has 0 unspecified atom stereocenters. The summed E-state index contributed by atoms with van der Waals surface area (Å²) < 4.78 is 4.53. The average Bonchev–Trinajstić information content (AvgIpc) is 2.29. The Kier molecular flexibility index (Phi) is 5.85. The minimum absolute atomic E-state index is 0.0450. The Morgan fingerprint density at radius 2 is 2.35 bits per heavy atom. The van der Waals surface area contributed by atoms with Crippen LogP contribution < -0.4 is 0 Å². The van der Waals surface area contributed by atoms with Crippen LogP contribution in [0.15, 0.2) is 23.4 Å². The summed E-state index contributed by atoms with van der Waals surface area (Å²) in [6.45, 7) is 0.222. The van der Waals surface area contributed by atoms with Crippen LogP contribution in [-0.2, 0) is 4.74 Å². The van der Waals surface area contributed by atoms with Gasteiger partial charge in [0.25, 0.3) is 5.69 Å². The van der Waals surface area contributed by atoms with Crippen LogP contribution in [0.4, 0.5) is 10.5 Å². The molecule has 0 saturated carbocycles. The first-order valence-corrected chi connectivity index (χ1v) is 6.73. The fourth-order valence-electron chi connectivity index (χ4n) is 0.808. The third-order valence-electron chi connectivity index (χ3n) is 1.49. The van der Waals surface area contributed by atoms with Gasteiger partial charge in [-0.2, -0.15) is 0 Å². The fourth-order valence-corrected chi connectivity index (χ4v) is 2.50. The van der Waals surface area contributed by atoms with Gasteiger partial charge in [-0.3, -0.25) is 14.9 Å². The molecule has 0 atom stereocenters. The molecule has 17 heavy (non-hydrogen) atoms. The topological polar surface area (TPSA) is 82.3 Å². The molecule has 6 nitrogen and oxygen atoms in total. The molecule has 0 bridgehead atoms. The summed E-state index contributed by atoms with van der Waals surface area (Å²) in [5, 5.41) is 11.0. The fraction of sp³-hybridized carbons (Fsp3) is 0.250. The summed E-state index contributed by atoms with van der Waals surface area (Å²) >= 11 is 0. The molecule has 0 N–H and O–H groups in total. The van der Waals surface area contributed by atoms with Crippen molar-refractivity contribution in [2.45, 2.75) is 5.03 Å². The van der Waals surface area contributed by atoms with E-state index in [9.17, 15) is 14.9 Å². The lowest BCUT2D eigenvalue weighted by Crippen LogP contribution is -2.03. The second-order valence-electron chi connectivity index (χ2n) is 2.68. The Balaban J connectivity index is 2.27. The van der Waals surface area contributed by atoms with Crippen molar-refractivity contribution in [2.75, 3.05) is 12.4 Å². The number of nitrogens with zero attached hydrogens (tertiary/aromatic N) is 2. The number of hydrogen-bond donors (Lipinski definition) is 0. The largest absolute Gasteiger partial charge is 0.474 e. The van der Waals surface area contributed by atoms with Gasteiger partial charge in [0.2, 0.25) is 13.7 Å². The monoisotopic (exact) mass is 270 g/mol. The van der Waals surface area contributed by atoms with Gasteiger partial charge in [-0.15, -0.1) is 0 Å². The Hall–Kier alpha value is -1.22. The average molecular weight is 270 g/mol. The Labute approximate surface area is 106 Å². The van der Waals surface area contributed by atoms with Crippen molar-refractivity contribution < 1.29 is 14.5 Å². The molecule has 1 aromatic heterocycles. The summed E-state index contributed by atoms with van der Waals surface area (Å²) in [4.78, 5) is 24.0. The standard InChI is InChI=1S/C8H7BN2O4S2/c9-8(12)15-3-4-16-17-7-2-1-6(5-10-7)11(13)14/h1-2,5H,3-4H2. The van der Waals surface area contributed by atoms with Gasteiger partial charge in [-0.25, -0.2) is 4.98 Å². The lowest BCUT2D eigenvalue weighted by Gasteiger charge is -2.01. The van der Waals surface area contributed by atoms with E-state index in [1.807, 2.05) is 0 Å². The van der Waals surface area contributed by atoms with Gasteiger partial charge in [0, 0.05) is 11.8 Å². The van der Waals surface area contributed by atoms with Crippen molar-refractivity contribution in [1.82, 2.24) is 4.98 Å². The van der Waals surface area contributed by atoms with E-state index in [0.29, 0.717) is 10.8 Å². The zero-order valence-electron chi connectivity index (χ0n) is 8.57. The zero-order valence-corrected chi connectivity index (χ0v) is 10.2. The summed E-state index contributed by atoms with van der Waals surface area (Å²) in [5.74, 6) is -0.240. The van der Waals surface area contributed by atoms with Crippen LogP contribution in [0, 0.1) is 10.1 Å². The van der Waals surface area contributed by atoms with Gasteiger partial charge < -0.3 is 4.74 Å². The molecule has 0 fully saturated rings. The third-order valence-corrected chi connectivity index (χ3v) is 3.72. The summed E-state index contributed by atoms with van der Waals surface area (Å²) in [5.41, 5.74) is -0.0450. The molecule has 1 rings (SSSR count). The number of hydrogen-bond acceptors (Lipinski definition) is 7. The number of carbonyl (C=O) groups is 1. The maximum Gasteiger partial charge on any atom is 0.287 e.